The van der Waals surface area contributed by atoms with Crippen LogP contribution in [0.4, 0.5) is 0 Å². The molecule has 0 aliphatic rings. The molecule has 1 N–H and O–H groups in total. The number of carbonyl (C=O) groups is 1. The van der Waals surface area contributed by atoms with Crippen molar-refractivity contribution >= 4 is 29.0 Å². The quantitative estimate of drug-likeness (QED) is 0.812. The first-order valence-electron chi connectivity index (χ1n) is 4.62. The lowest BCUT2D eigenvalue weighted by molar-refractivity contribution is -0.117. The number of carbonyl (C=O) groups excluding carboxylic acids is 1. The number of rotatable bonds is 5. The van der Waals surface area contributed by atoms with E-state index in [1.54, 1.807) is 6.07 Å². The molecule has 2 nitrogen and oxygen atoms in total. The molecule has 0 fully saturated rings. The molecule has 0 aromatic heterocycles. The second kappa shape index (κ2) is 6.11. The third kappa shape index (κ3) is 3.49. The minimum absolute atomic E-state index is 0.0268. The minimum Gasteiger partial charge on any atom is -0.396 e. The van der Waals surface area contributed by atoms with Gasteiger partial charge in [-0.2, -0.15) is 0 Å². The van der Waals surface area contributed by atoms with Gasteiger partial charge in [0.05, 0.1) is 12.5 Å². The number of ketones is 1. The highest BCUT2D eigenvalue weighted by Gasteiger charge is 2.16. The molecule has 4 heteroatoms. The third-order valence-corrected chi connectivity index (χ3v) is 2.83. The number of halogens is 2. The van der Waals surface area contributed by atoms with Gasteiger partial charge in [0.15, 0.2) is 0 Å². The van der Waals surface area contributed by atoms with Gasteiger partial charge in [0.2, 0.25) is 0 Å². The van der Waals surface area contributed by atoms with Crippen LogP contribution >= 0.6 is 23.2 Å². The molecular weight excluding hydrogens is 235 g/mol. The van der Waals surface area contributed by atoms with Crippen molar-refractivity contribution in [2.75, 3.05) is 12.5 Å². The van der Waals surface area contributed by atoms with Gasteiger partial charge in [0.1, 0.15) is 5.78 Å². The summed E-state index contributed by atoms with van der Waals surface area (Å²) in [5.41, 5.74) is 0.792. The predicted octanol–water partition coefficient (Wildman–Crippen LogP) is 2.61. The Hall–Kier alpha value is -0.570. The van der Waals surface area contributed by atoms with Crippen LogP contribution in [0.5, 0.6) is 0 Å². The Morgan fingerprint density at radius 1 is 1.40 bits per heavy atom. The molecule has 0 saturated heterocycles. The van der Waals surface area contributed by atoms with Crippen molar-refractivity contribution in [1.29, 1.82) is 0 Å². The first-order chi connectivity index (χ1) is 7.19. The zero-order valence-corrected chi connectivity index (χ0v) is 9.63. The smallest absolute Gasteiger partial charge is 0.148 e. The minimum atomic E-state index is -0.259. The number of benzene rings is 1. The van der Waals surface area contributed by atoms with E-state index in [2.05, 4.69) is 0 Å². The van der Waals surface area contributed by atoms with Crippen LogP contribution in [0.25, 0.3) is 0 Å². The molecule has 1 aromatic carbocycles. The van der Waals surface area contributed by atoms with E-state index in [0.29, 0.717) is 5.02 Å². The van der Waals surface area contributed by atoms with Gasteiger partial charge in [-0.15, -0.1) is 11.6 Å². The number of hydrogen-bond donors (Lipinski definition) is 1. The Balaban J connectivity index is 2.83. The second-order valence-corrected chi connectivity index (χ2v) is 3.95. The molecule has 0 aliphatic carbocycles. The zero-order chi connectivity index (χ0) is 11.3. The van der Waals surface area contributed by atoms with E-state index in [0.717, 1.165) is 5.56 Å². The molecule has 0 heterocycles. The van der Waals surface area contributed by atoms with Gasteiger partial charge in [-0.25, -0.2) is 0 Å². The van der Waals surface area contributed by atoms with E-state index in [-0.39, 0.29) is 30.6 Å². The van der Waals surface area contributed by atoms with E-state index >= 15 is 0 Å². The van der Waals surface area contributed by atoms with Crippen molar-refractivity contribution in [1.82, 2.24) is 0 Å². The van der Waals surface area contributed by atoms with Crippen LogP contribution in [-0.2, 0) is 4.79 Å². The lowest BCUT2D eigenvalue weighted by Gasteiger charge is -2.14. The standard InChI is InChI=1S/C11H12Cl2O2/c12-6-9(15)5-8(7-14)10-3-1-2-4-11(10)13/h1-4,8,14H,5-7H2/t8-/m1/s1. The van der Waals surface area contributed by atoms with Gasteiger partial charge >= 0.3 is 0 Å². The molecule has 0 amide bonds. The molecule has 15 heavy (non-hydrogen) atoms. The average Bonchev–Trinajstić information content (AvgIpc) is 2.26. The van der Waals surface area contributed by atoms with Crippen molar-refractivity contribution in [3.63, 3.8) is 0 Å². The van der Waals surface area contributed by atoms with Crippen LogP contribution in [0.3, 0.4) is 0 Å². The molecule has 0 aliphatic heterocycles. The van der Waals surface area contributed by atoms with Crippen molar-refractivity contribution in [3.8, 4) is 0 Å². The number of alkyl halides is 1. The molecule has 1 atom stereocenters. The third-order valence-electron chi connectivity index (χ3n) is 2.19. The zero-order valence-electron chi connectivity index (χ0n) is 8.12. The van der Waals surface area contributed by atoms with E-state index in [1.165, 1.54) is 0 Å². The van der Waals surface area contributed by atoms with Crippen molar-refractivity contribution in [2.24, 2.45) is 0 Å². The van der Waals surface area contributed by atoms with Crippen LogP contribution < -0.4 is 0 Å². The summed E-state index contributed by atoms with van der Waals surface area (Å²) in [6, 6.07) is 7.19. The highest BCUT2D eigenvalue weighted by molar-refractivity contribution is 6.31. The topological polar surface area (TPSA) is 37.3 Å². The van der Waals surface area contributed by atoms with Gasteiger partial charge in [-0.05, 0) is 11.6 Å². The molecule has 1 rings (SSSR count). The maximum absolute atomic E-state index is 11.2. The first kappa shape index (κ1) is 12.5. The Labute approximate surface area is 98.8 Å². The van der Waals surface area contributed by atoms with Crippen LogP contribution in [0.15, 0.2) is 24.3 Å². The SMILES string of the molecule is O=C(CCl)C[C@H](CO)c1ccccc1Cl. The second-order valence-electron chi connectivity index (χ2n) is 3.28. The normalized spacial score (nSPS) is 12.5. The Morgan fingerprint density at radius 2 is 2.07 bits per heavy atom. The van der Waals surface area contributed by atoms with Crippen molar-refractivity contribution in [3.05, 3.63) is 34.9 Å². The van der Waals surface area contributed by atoms with Gasteiger partial charge in [-0.3, -0.25) is 4.79 Å². The maximum atomic E-state index is 11.2. The molecular formula is C11H12Cl2O2. The van der Waals surface area contributed by atoms with E-state index in [9.17, 15) is 9.90 Å². The van der Waals surface area contributed by atoms with E-state index in [4.69, 9.17) is 23.2 Å². The lowest BCUT2D eigenvalue weighted by Crippen LogP contribution is -2.12. The largest absolute Gasteiger partial charge is 0.396 e. The van der Waals surface area contributed by atoms with E-state index in [1.807, 2.05) is 18.2 Å². The Kier molecular flexibility index (Phi) is 5.09. The molecule has 0 spiro atoms. The predicted molar refractivity (Wildman–Crippen MR) is 61.6 cm³/mol. The number of hydrogen-bond acceptors (Lipinski definition) is 2. The summed E-state index contributed by atoms with van der Waals surface area (Å²) in [5, 5.41) is 9.76. The monoisotopic (exact) mass is 246 g/mol. The number of aliphatic hydroxyl groups excluding tert-OH is 1. The Bertz CT molecular complexity index is 339. The average molecular weight is 247 g/mol. The Morgan fingerprint density at radius 3 is 2.60 bits per heavy atom. The summed E-state index contributed by atoms with van der Waals surface area (Å²) in [6.07, 6.45) is 0.226. The molecule has 0 bridgehead atoms. The summed E-state index contributed by atoms with van der Waals surface area (Å²) in [6.45, 7) is -0.105. The highest BCUT2D eigenvalue weighted by Crippen LogP contribution is 2.26. The summed E-state index contributed by atoms with van der Waals surface area (Å²) in [7, 11) is 0. The van der Waals surface area contributed by atoms with E-state index < -0.39 is 0 Å². The number of Topliss-reactive ketones (excluding diaryl/α,β-unsaturated/α-hetero) is 1. The fraction of sp³-hybridized carbons (Fsp3) is 0.364. The van der Waals surface area contributed by atoms with Gasteiger partial charge < -0.3 is 5.11 Å². The van der Waals surface area contributed by atoms with Crippen LogP contribution in [-0.4, -0.2) is 23.4 Å². The fourth-order valence-corrected chi connectivity index (χ4v) is 1.81. The summed E-state index contributed by atoms with van der Waals surface area (Å²) in [4.78, 5) is 11.2. The summed E-state index contributed by atoms with van der Waals surface area (Å²) in [5.74, 6) is -0.374. The molecule has 82 valence electrons. The van der Waals surface area contributed by atoms with Gasteiger partial charge in [-0.1, -0.05) is 29.8 Å². The summed E-state index contributed by atoms with van der Waals surface area (Å²) >= 11 is 11.4. The maximum Gasteiger partial charge on any atom is 0.148 e. The molecule has 0 radical (unpaired) electrons. The lowest BCUT2D eigenvalue weighted by atomic mass is 9.95. The van der Waals surface area contributed by atoms with Crippen LogP contribution in [0, 0.1) is 0 Å². The van der Waals surface area contributed by atoms with Crippen LogP contribution in [0.2, 0.25) is 5.02 Å². The fourth-order valence-electron chi connectivity index (χ4n) is 1.41. The van der Waals surface area contributed by atoms with Crippen molar-refractivity contribution < 1.29 is 9.90 Å². The summed E-state index contributed by atoms with van der Waals surface area (Å²) < 4.78 is 0. The van der Waals surface area contributed by atoms with Crippen molar-refractivity contribution in [2.45, 2.75) is 12.3 Å². The van der Waals surface area contributed by atoms with Gasteiger partial charge in [0, 0.05) is 17.4 Å². The molecule has 0 unspecified atom stereocenters. The highest BCUT2D eigenvalue weighted by atomic mass is 35.5. The number of aliphatic hydroxyl groups is 1. The van der Waals surface area contributed by atoms with Crippen LogP contribution in [0.1, 0.15) is 17.9 Å². The molecule has 0 saturated carbocycles. The first-order valence-corrected chi connectivity index (χ1v) is 5.53. The van der Waals surface area contributed by atoms with Gasteiger partial charge in [0.25, 0.3) is 0 Å². The molecule has 1 aromatic rings.